The van der Waals surface area contributed by atoms with Gasteiger partial charge < -0.3 is 19.7 Å². The van der Waals surface area contributed by atoms with Crippen LogP contribution in [0, 0.1) is 6.92 Å². The molecule has 3 heterocycles. The van der Waals surface area contributed by atoms with Crippen molar-refractivity contribution in [2.45, 2.75) is 44.7 Å². The molecule has 1 saturated heterocycles. The van der Waals surface area contributed by atoms with Gasteiger partial charge in [-0.3, -0.25) is 9.69 Å². The maximum absolute atomic E-state index is 13.2. The van der Waals surface area contributed by atoms with Crippen LogP contribution in [-0.2, 0) is 4.74 Å². The number of hydrogen-bond donors (Lipinski definition) is 1. The van der Waals surface area contributed by atoms with Crippen LogP contribution in [0.1, 0.15) is 41.6 Å². The minimum Gasteiger partial charge on any atom is -0.489 e. The van der Waals surface area contributed by atoms with E-state index in [0.717, 1.165) is 69.1 Å². The molecule has 1 N–H and O–H groups in total. The number of pyridine rings is 1. The van der Waals surface area contributed by atoms with Crippen molar-refractivity contribution in [2.24, 2.45) is 0 Å². The number of carbonyl (C=O) groups excluding carboxylic acids is 1. The lowest BCUT2D eigenvalue weighted by molar-refractivity contribution is 0.00664. The molecule has 1 aromatic heterocycles. The van der Waals surface area contributed by atoms with Crippen molar-refractivity contribution in [1.82, 2.24) is 15.2 Å². The minimum atomic E-state index is -0.0459. The third kappa shape index (κ3) is 5.77. The SMILES string of the molecule is Cc1ccc(N2CCOc3c(C(=O)NC4CCC(N5CCOCC5)CC4)cccc32)nc1.Cl.Cl. The number of amides is 1. The normalized spacial score (nSPS) is 22.4. The van der Waals surface area contributed by atoms with Crippen LogP contribution in [0.3, 0.4) is 0 Å². The molecule has 1 aromatic carbocycles. The standard InChI is InChI=1S/C25H32N4O3.2ClH/c1-18-5-10-23(26-17-18)29-13-16-32-24-21(3-2-4-22(24)29)25(30)27-19-6-8-20(9-7-19)28-11-14-31-15-12-28;;/h2-5,10,17,19-20H,6-9,11-16H2,1H3,(H,27,30);2*1H. The number of carbonyl (C=O) groups is 1. The highest BCUT2D eigenvalue weighted by Gasteiger charge is 2.30. The number of aromatic nitrogens is 1. The molecule has 1 amide bonds. The first-order chi connectivity index (χ1) is 15.7. The van der Waals surface area contributed by atoms with Crippen LogP contribution in [0.15, 0.2) is 36.5 Å². The molecule has 0 unspecified atom stereocenters. The molecule has 0 atom stereocenters. The van der Waals surface area contributed by atoms with E-state index in [0.29, 0.717) is 30.5 Å². The number of halogens is 2. The monoisotopic (exact) mass is 508 g/mol. The van der Waals surface area contributed by atoms with Crippen LogP contribution in [0.5, 0.6) is 5.75 Å². The third-order valence-electron chi connectivity index (χ3n) is 6.86. The molecule has 5 rings (SSSR count). The van der Waals surface area contributed by atoms with Crippen LogP contribution in [0.25, 0.3) is 0 Å². The Bertz CT molecular complexity index is 946. The summed E-state index contributed by atoms with van der Waals surface area (Å²) >= 11 is 0. The Kier molecular flexibility index (Phi) is 9.42. The van der Waals surface area contributed by atoms with Gasteiger partial charge in [0.05, 0.1) is 31.0 Å². The first-order valence-electron chi connectivity index (χ1n) is 11.8. The molecule has 186 valence electrons. The van der Waals surface area contributed by atoms with Gasteiger partial charge in [-0.15, -0.1) is 24.8 Å². The predicted octanol–water partition coefficient (Wildman–Crippen LogP) is 4.14. The lowest BCUT2D eigenvalue weighted by Gasteiger charge is -2.39. The van der Waals surface area contributed by atoms with E-state index in [1.54, 1.807) is 0 Å². The zero-order chi connectivity index (χ0) is 21.9. The summed E-state index contributed by atoms with van der Waals surface area (Å²) in [7, 11) is 0. The Morgan fingerprint density at radius 3 is 2.47 bits per heavy atom. The maximum Gasteiger partial charge on any atom is 0.255 e. The number of anilines is 2. The molecule has 9 heteroatoms. The Morgan fingerprint density at radius 1 is 1.00 bits per heavy atom. The molecule has 0 radical (unpaired) electrons. The average molecular weight is 509 g/mol. The minimum absolute atomic E-state index is 0. The number of nitrogens with one attached hydrogen (secondary N) is 1. The Hall–Kier alpha value is -2.06. The number of morpholine rings is 1. The van der Waals surface area contributed by atoms with E-state index in [1.807, 2.05) is 37.4 Å². The summed E-state index contributed by atoms with van der Waals surface area (Å²) in [6, 6.07) is 10.7. The van der Waals surface area contributed by atoms with Crippen LogP contribution in [0.2, 0.25) is 0 Å². The second kappa shape index (κ2) is 12.1. The van der Waals surface area contributed by atoms with Gasteiger partial charge in [-0.1, -0.05) is 12.1 Å². The van der Waals surface area contributed by atoms with Crippen molar-refractivity contribution in [2.75, 3.05) is 44.4 Å². The van der Waals surface area contributed by atoms with E-state index in [4.69, 9.17) is 9.47 Å². The van der Waals surface area contributed by atoms with E-state index in [9.17, 15) is 4.79 Å². The van der Waals surface area contributed by atoms with Gasteiger partial charge in [0.25, 0.3) is 5.91 Å². The molecule has 2 aromatic rings. The lowest BCUT2D eigenvalue weighted by Crippen LogP contribution is -2.47. The zero-order valence-electron chi connectivity index (χ0n) is 19.6. The molecule has 0 spiro atoms. The van der Waals surface area contributed by atoms with Gasteiger partial charge in [-0.25, -0.2) is 4.98 Å². The number of hydrogen-bond acceptors (Lipinski definition) is 6. The second-order valence-corrected chi connectivity index (χ2v) is 8.97. The summed E-state index contributed by atoms with van der Waals surface area (Å²) in [5, 5.41) is 3.27. The summed E-state index contributed by atoms with van der Waals surface area (Å²) in [6.45, 7) is 7.00. The van der Waals surface area contributed by atoms with Gasteiger partial charge in [0.1, 0.15) is 12.4 Å². The summed E-state index contributed by atoms with van der Waals surface area (Å²) in [4.78, 5) is 22.5. The molecule has 3 aliphatic rings. The number of nitrogens with zero attached hydrogens (tertiary/aromatic N) is 3. The topological polar surface area (TPSA) is 66.9 Å². The second-order valence-electron chi connectivity index (χ2n) is 8.97. The van der Waals surface area contributed by atoms with Crippen LogP contribution >= 0.6 is 24.8 Å². The van der Waals surface area contributed by atoms with E-state index >= 15 is 0 Å². The Labute approximate surface area is 214 Å². The largest absolute Gasteiger partial charge is 0.489 e. The van der Waals surface area contributed by atoms with Crippen molar-refractivity contribution in [1.29, 1.82) is 0 Å². The van der Waals surface area contributed by atoms with Gasteiger partial charge in [-0.05, 0) is 56.4 Å². The van der Waals surface area contributed by atoms with Crippen LogP contribution in [0.4, 0.5) is 11.5 Å². The molecule has 2 fully saturated rings. The quantitative estimate of drug-likeness (QED) is 0.669. The number of fused-ring (bicyclic) bond motifs is 1. The number of aryl methyl sites for hydroxylation is 1. The smallest absolute Gasteiger partial charge is 0.255 e. The highest BCUT2D eigenvalue weighted by molar-refractivity contribution is 5.99. The molecular weight excluding hydrogens is 475 g/mol. The fourth-order valence-electron chi connectivity index (χ4n) is 5.08. The fourth-order valence-corrected chi connectivity index (χ4v) is 5.08. The van der Waals surface area contributed by atoms with Crippen LogP contribution in [-0.4, -0.2) is 67.3 Å². The van der Waals surface area contributed by atoms with E-state index in [2.05, 4.69) is 26.2 Å². The van der Waals surface area contributed by atoms with Gasteiger partial charge in [0.15, 0.2) is 5.75 Å². The first kappa shape index (κ1) is 26.5. The van der Waals surface area contributed by atoms with Gasteiger partial charge in [-0.2, -0.15) is 0 Å². The number of ether oxygens (including phenoxy) is 2. The summed E-state index contributed by atoms with van der Waals surface area (Å²) in [6.07, 6.45) is 6.16. The Morgan fingerprint density at radius 2 is 1.76 bits per heavy atom. The van der Waals surface area contributed by atoms with E-state index in [-0.39, 0.29) is 36.8 Å². The number of para-hydroxylation sites is 1. The average Bonchev–Trinajstić information content (AvgIpc) is 2.85. The lowest BCUT2D eigenvalue weighted by atomic mass is 9.89. The van der Waals surface area contributed by atoms with Crippen molar-refractivity contribution >= 4 is 42.2 Å². The Balaban J connectivity index is 0.00000162. The van der Waals surface area contributed by atoms with Crippen molar-refractivity contribution in [3.63, 3.8) is 0 Å². The van der Waals surface area contributed by atoms with Gasteiger partial charge in [0.2, 0.25) is 0 Å². The fraction of sp³-hybridized carbons (Fsp3) is 0.520. The van der Waals surface area contributed by atoms with Crippen molar-refractivity contribution in [3.8, 4) is 5.75 Å². The zero-order valence-corrected chi connectivity index (χ0v) is 21.2. The first-order valence-corrected chi connectivity index (χ1v) is 11.8. The van der Waals surface area contributed by atoms with Crippen molar-refractivity contribution in [3.05, 3.63) is 47.7 Å². The molecule has 1 saturated carbocycles. The highest BCUT2D eigenvalue weighted by Crippen LogP contribution is 2.38. The van der Waals surface area contributed by atoms with E-state index < -0.39 is 0 Å². The van der Waals surface area contributed by atoms with Gasteiger partial charge >= 0.3 is 0 Å². The van der Waals surface area contributed by atoms with Crippen LogP contribution < -0.4 is 15.0 Å². The molecule has 7 nitrogen and oxygen atoms in total. The molecule has 0 bridgehead atoms. The number of benzene rings is 1. The molecular formula is C25H34Cl2N4O3. The maximum atomic E-state index is 13.2. The summed E-state index contributed by atoms with van der Waals surface area (Å²) in [5.41, 5.74) is 2.63. The molecule has 1 aliphatic carbocycles. The summed E-state index contributed by atoms with van der Waals surface area (Å²) < 4.78 is 11.5. The van der Waals surface area contributed by atoms with E-state index in [1.165, 1.54) is 0 Å². The number of rotatable bonds is 4. The third-order valence-corrected chi connectivity index (χ3v) is 6.86. The summed E-state index contributed by atoms with van der Waals surface area (Å²) in [5.74, 6) is 1.48. The molecule has 34 heavy (non-hydrogen) atoms. The molecule has 2 aliphatic heterocycles. The highest BCUT2D eigenvalue weighted by atomic mass is 35.5. The van der Waals surface area contributed by atoms with Gasteiger partial charge in [0, 0.05) is 31.4 Å². The predicted molar refractivity (Wildman–Crippen MR) is 138 cm³/mol. The van der Waals surface area contributed by atoms with Crippen molar-refractivity contribution < 1.29 is 14.3 Å².